The summed E-state index contributed by atoms with van der Waals surface area (Å²) in [6.45, 7) is 3.62. The van der Waals surface area contributed by atoms with Gasteiger partial charge in [-0.25, -0.2) is 0 Å². The van der Waals surface area contributed by atoms with E-state index < -0.39 is 17.5 Å². The second kappa shape index (κ2) is 7.54. The van der Waals surface area contributed by atoms with Crippen molar-refractivity contribution in [2.75, 3.05) is 32.9 Å². The minimum absolute atomic E-state index is 0.0424. The molecule has 25 heavy (non-hydrogen) atoms. The van der Waals surface area contributed by atoms with E-state index in [4.69, 9.17) is 9.47 Å². The summed E-state index contributed by atoms with van der Waals surface area (Å²) in [5, 5.41) is 9.66. The number of amides is 1. The van der Waals surface area contributed by atoms with Crippen molar-refractivity contribution in [1.29, 1.82) is 0 Å². The van der Waals surface area contributed by atoms with E-state index in [0.717, 1.165) is 12.0 Å². The van der Waals surface area contributed by atoms with E-state index in [2.05, 4.69) is 0 Å². The number of carboxylic acid groups (broad SMARTS) is 1. The van der Waals surface area contributed by atoms with E-state index in [1.807, 2.05) is 30.3 Å². The van der Waals surface area contributed by atoms with E-state index in [9.17, 15) is 14.7 Å². The van der Waals surface area contributed by atoms with Gasteiger partial charge in [-0.1, -0.05) is 30.3 Å². The van der Waals surface area contributed by atoms with E-state index in [-0.39, 0.29) is 25.0 Å². The average Bonchev–Trinajstić information content (AvgIpc) is 3.03. The Kier molecular flexibility index (Phi) is 5.39. The van der Waals surface area contributed by atoms with Crippen LogP contribution < -0.4 is 0 Å². The second-order valence-corrected chi connectivity index (χ2v) is 6.97. The first kappa shape index (κ1) is 17.9. The van der Waals surface area contributed by atoms with Crippen LogP contribution in [0.15, 0.2) is 30.3 Å². The molecule has 0 aliphatic carbocycles. The summed E-state index contributed by atoms with van der Waals surface area (Å²) in [5.74, 6) is -1.05. The summed E-state index contributed by atoms with van der Waals surface area (Å²) in [6.07, 6.45) is 0.850. The maximum Gasteiger partial charge on any atom is 0.314 e. The molecule has 2 aliphatic rings. The molecule has 1 amide bonds. The molecule has 0 saturated carbocycles. The number of carboxylic acids is 1. The number of hydrogen-bond donors (Lipinski definition) is 1. The van der Waals surface area contributed by atoms with Gasteiger partial charge >= 0.3 is 5.97 Å². The van der Waals surface area contributed by atoms with Crippen LogP contribution in [-0.2, 0) is 25.5 Å². The minimum Gasteiger partial charge on any atom is -0.481 e. The zero-order valence-electron chi connectivity index (χ0n) is 14.5. The first-order valence-corrected chi connectivity index (χ1v) is 8.78. The third kappa shape index (κ3) is 3.70. The molecule has 1 aromatic rings. The van der Waals surface area contributed by atoms with Crippen LogP contribution in [0.2, 0.25) is 0 Å². The van der Waals surface area contributed by atoms with Crippen LogP contribution in [0, 0.1) is 11.3 Å². The molecule has 3 atom stereocenters. The SMILES string of the molecule is CC(OCCc1ccccc1)C(=O)N1C[C@@H]2CCOC[C@]2(C(=O)O)C1. The van der Waals surface area contributed by atoms with Crippen LogP contribution in [0.25, 0.3) is 0 Å². The molecular weight excluding hydrogens is 322 g/mol. The van der Waals surface area contributed by atoms with Gasteiger partial charge in [0.15, 0.2) is 0 Å². The molecule has 2 heterocycles. The Labute approximate surface area is 147 Å². The molecular formula is C19H25NO5. The highest BCUT2D eigenvalue weighted by atomic mass is 16.5. The summed E-state index contributed by atoms with van der Waals surface area (Å²) in [4.78, 5) is 26.1. The zero-order valence-corrected chi connectivity index (χ0v) is 14.5. The van der Waals surface area contributed by atoms with Crippen molar-refractivity contribution in [2.24, 2.45) is 11.3 Å². The number of ether oxygens (including phenoxy) is 2. The standard InChI is InChI=1S/C19H25NO5/c1-14(25-10-7-15-5-3-2-4-6-15)17(21)20-11-16-8-9-24-13-19(16,12-20)18(22)23/h2-6,14,16H,7-13H2,1H3,(H,22,23)/t14?,16-,19+/m0/s1. The lowest BCUT2D eigenvalue weighted by atomic mass is 9.76. The molecule has 1 N–H and O–H groups in total. The molecule has 2 aliphatic heterocycles. The molecule has 0 aromatic heterocycles. The smallest absolute Gasteiger partial charge is 0.314 e. The fraction of sp³-hybridized carbons (Fsp3) is 0.579. The largest absolute Gasteiger partial charge is 0.481 e. The molecule has 0 radical (unpaired) electrons. The molecule has 136 valence electrons. The highest BCUT2D eigenvalue weighted by Crippen LogP contribution is 2.41. The lowest BCUT2D eigenvalue weighted by Crippen LogP contribution is -2.47. The number of likely N-dealkylation sites (tertiary alicyclic amines) is 1. The molecule has 2 fully saturated rings. The van der Waals surface area contributed by atoms with Gasteiger partial charge in [0, 0.05) is 19.7 Å². The van der Waals surface area contributed by atoms with E-state index in [1.54, 1.807) is 11.8 Å². The minimum atomic E-state index is -0.961. The van der Waals surface area contributed by atoms with Crippen LogP contribution in [0.5, 0.6) is 0 Å². The number of hydrogen-bond acceptors (Lipinski definition) is 4. The Morgan fingerprint density at radius 2 is 2.16 bits per heavy atom. The maximum atomic E-state index is 12.7. The van der Waals surface area contributed by atoms with Gasteiger partial charge in [0.05, 0.1) is 13.2 Å². The van der Waals surface area contributed by atoms with E-state index in [0.29, 0.717) is 26.2 Å². The van der Waals surface area contributed by atoms with Crippen LogP contribution in [0.1, 0.15) is 18.9 Å². The van der Waals surface area contributed by atoms with Gasteiger partial charge in [-0.15, -0.1) is 0 Å². The second-order valence-electron chi connectivity index (χ2n) is 6.97. The highest BCUT2D eigenvalue weighted by molar-refractivity contribution is 5.83. The first-order chi connectivity index (χ1) is 12.0. The lowest BCUT2D eigenvalue weighted by Gasteiger charge is -2.33. The summed E-state index contributed by atoms with van der Waals surface area (Å²) in [7, 11) is 0. The Balaban J connectivity index is 1.55. The van der Waals surface area contributed by atoms with Gasteiger partial charge in [-0.2, -0.15) is 0 Å². The number of benzene rings is 1. The normalized spacial score (nSPS) is 26.9. The molecule has 0 bridgehead atoms. The third-order valence-corrected chi connectivity index (χ3v) is 5.35. The van der Waals surface area contributed by atoms with Gasteiger partial charge in [-0.05, 0) is 31.2 Å². The van der Waals surface area contributed by atoms with Crippen molar-refractivity contribution < 1.29 is 24.2 Å². The summed E-state index contributed by atoms with van der Waals surface area (Å²) >= 11 is 0. The van der Waals surface area contributed by atoms with Gasteiger partial charge in [-0.3, -0.25) is 9.59 Å². The fourth-order valence-corrected chi connectivity index (χ4v) is 3.78. The van der Waals surface area contributed by atoms with Crippen LogP contribution in [0.4, 0.5) is 0 Å². The Bertz CT molecular complexity index is 620. The fourth-order valence-electron chi connectivity index (χ4n) is 3.78. The molecule has 6 nitrogen and oxygen atoms in total. The van der Waals surface area contributed by atoms with Crippen molar-refractivity contribution in [3.63, 3.8) is 0 Å². The Morgan fingerprint density at radius 3 is 2.84 bits per heavy atom. The number of carbonyl (C=O) groups excluding carboxylic acids is 1. The molecule has 0 spiro atoms. The number of nitrogens with zero attached hydrogens (tertiary/aromatic N) is 1. The Morgan fingerprint density at radius 1 is 1.40 bits per heavy atom. The third-order valence-electron chi connectivity index (χ3n) is 5.35. The highest BCUT2D eigenvalue weighted by Gasteiger charge is 2.55. The number of aliphatic carboxylic acids is 1. The van der Waals surface area contributed by atoms with Crippen molar-refractivity contribution in [1.82, 2.24) is 4.90 Å². The van der Waals surface area contributed by atoms with Gasteiger partial charge < -0.3 is 19.5 Å². The average molecular weight is 347 g/mol. The first-order valence-electron chi connectivity index (χ1n) is 8.78. The summed E-state index contributed by atoms with van der Waals surface area (Å²) < 4.78 is 11.1. The summed E-state index contributed by atoms with van der Waals surface area (Å²) in [6, 6.07) is 9.97. The van der Waals surface area contributed by atoms with Crippen molar-refractivity contribution >= 4 is 11.9 Å². The topological polar surface area (TPSA) is 76.1 Å². The molecule has 6 heteroatoms. The quantitative estimate of drug-likeness (QED) is 0.846. The Hall–Kier alpha value is -1.92. The van der Waals surface area contributed by atoms with Crippen molar-refractivity contribution in [3.8, 4) is 0 Å². The summed E-state index contributed by atoms with van der Waals surface area (Å²) in [5.41, 5.74) is 0.203. The van der Waals surface area contributed by atoms with Gasteiger partial charge in [0.2, 0.25) is 0 Å². The molecule has 2 saturated heterocycles. The van der Waals surface area contributed by atoms with Crippen LogP contribution in [-0.4, -0.2) is 60.9 Å². The predicted octanol–water partition coefficient (Wildman–Crippen LogP) is 1.58. The lowest BCUT2D eigenvalue weighted by molar-refractivity contribution is -0.160. The van der Waals surface area contributed by atoms with Crippen LogP contribution in [0.3, 0.4) is 0 Å². The molecule has 1 unspecified atom stereocenters. The number of rotatable bonds is 6. The number of carbonyl (C=O) groups is 2. The predicted molar refractivity (Wildman–Crippen MR) is 91.1 cm³/mol. The van der Waals surface area contributed by atoms with Gasteiger partial charge in [0.25, 0.3) is 5.91 Å². The molecule has 1 aromatic carbocycles. The monoisotopic (exact) mass is 347 g/mol. The zero-order chi connectivity index (χ0) is 17.9. The number of fused-ring (bicyclic) bond motifs is 1. The van der Waals surface area contributed by atoms with E-state index in [1.165, 1.54) is 0 Å². The van der Waals surface area contributed by atoms with Crippen molar-refractivity contribution in [2.45, 2.75) is 25.9 Å². The molecule has 3 rings (SSSR count). The van der Waals surface area contributed by atoms with Gasteiger partial charge in [0.1, 0.15) is 11.5 Å². The van der Waals surface area contributed by atoms with E-state index >= 15 is 0 Å². The van der Waals surface area contributed by atoms with Crippen LogP contribution >= 0.6 is 0 Å². The maximum absolute atomic E-state index is 12.7. The van der Waals surface area contributed by atoms with Crippen molar-refractivity contribution in [3.05, 3.63) is 35.9 Å².